The third-order valence-electron chi connectivity index (χ3n) is 5.58. The maximum atomic E-state index is 13.8. The van der Waals surface area contributed by atoms with E-state index in [1.165, 1.54) is 30.5 Å². The Morgan fingerprint density at radius 1 is 1.16 bits per heavy atom. The minimum absolute atomic E-state index is 0.00592. The average molecular weight is 532 g/mol. The molecule has 2 heterocycles. The monoisotopic (exact) mass is 532 g/mol. The third-order valence-corrected chi connectivity index (χ3v) is 5.58. The van der Waals surface area contributed by atoms with Gasteiger partial charge in [-0.1, -0.05) is 26.0 Å². The fourth-order valence-electron chi connectivity index (χ4n) is 3.66. The Bertz CT molecular complexity index is 1100. The van der Waals surface area contributed by atoms with Gasteiger partial charge in [0.2, 0.25) is 17.7 Å². The maximum absolute atomic E-state index is 13.8. The van der Waals surface area contributed by atoms with Gasteiger partial charge < -0.3 is 15.4 Å². The molecule has 1 saturated heterocycles. The number of hydrogen-bond donors (Lipinski definition) is 3. The van der Waals surface area contributed by atoms with Gasteiger partial charge in [-0.05, 0) is 23.3 Å². The van der Waals surface area contributed by atoms with Crippen LogP contribution in [0.15, 0.2) is 36.5 Å². The number of ether oxygens (including phenoxy) is 1. The summed E-state index contributed by atoms with van der Waals surface area (Å²) in [6.45, 7) is 2.76. The average Bonchev–Trinajstić information content (AvgIpc) is 2.81. The van der Waals surface area contributed by atoms with E-state index in [2.05, 4.69) is 20.9 Å². The minimum Gasteiger partial charge on any atom is -0.477 e. The van der Waals surface area contributed by atoms with E-state index in [4.69, 9.17) is 4.74 Å². The molecule has 7 nitrogen and oxygen atoms in total. The molecule has 2 aromatic rings. The molecule has 0 saturated carbocycles. The predicted octanol–water partition coefficient (Wildman–Crippen LogP) is 4.55. The SMILES string of the molecule is CC(C)C(=O)NCc1ccc(C(F)(F)F)c(C2NC(=O)CC(c3ccc(OCCC(F)(F)F)nc3)N2)c1. The molecule has 2 unspecified atom stereocenters. The highest BCUT2D eigenvalue weighted by molar-refractivity contribution is 5.78. The van der Waals surface area contributed by atoms with Crippen LogP contribution < -0.4 is 20.7 Å². The van der Waals surface area contributed by atoms with Gasteiger partial charge in [-0.25, -0.2) is 4.98 Å². The van der Waals surface area contributed by atoms with Crippen molar-refractivity contribution in [2.45, 2.75) is 57.8 Å². The van der Waals surface area contributed by atoms with E-state index >= 15 is 0 Å². The Morgan fingerprint density at radius 3 is 2.49 bits per heavy atom. The number of benzene rings is 1. The van der Waals surface area contributed by atoms with E-state index in [9.17, 15) is 35.9 Å². The smallest absolute Gasteiger partial charge is 0.416 e. The largest absolute Gasteiger partial charge is 0.477 e. The number of carbonyl (C=O) groups excluding carboxylic acids is 2. The van der Waals surface area contributed by atoms with Crippen molar-refractivity contribution in [3.05, 3.63) is 58.8 Å². The first kappa shape index (κ1) is 28.2. The van der Waals surface area contributed by atoms with Crippen LogP contribution in [-0.4, -0.2) is 29.6 Å². The van der Waals surface area contributed by atoms with Gasteiger partial charge in [0.1, 0.15) is 6.17 Å². The van der Waals surface area contributed by atoms with Crippen molar-refractivity contribution in [3.8, 4) is 5.88 Å². The van der Waals surface area contributed by atoms with Crippen LogP contribution in [0.25, 0.3) is 0 Å². The first-order chi connectivity index (χ1) is 17.2. The van der Waals surface area contributed by atoms with Crippen molar-refractivity contribution in [1.82, 2.24) is 20.9 Å². The summed E-state index contributed by atoms with van der Waals surface area (Å²) in [4.78, 5) is 28.2. The zero-order valence-electron chi connectivity index (χ0n) is 20.0. The second-order valence-electron chi connectivity index (χ2n) is 8.86. The molecule has 1 aliphatic heterocycles. The van der Waals surface area contributed by atoms with Crippen LogP contribution in [0.3, 0.4) is 0 Å². The lowest BCUT2D eigenvalue weighted by molar-refractivity contribution is -0.140. The molecule has 0 radical (unpaired) electrons. The molecule has 3 N–H and O–H groups in total. The number of hydrogen-bond acceptors (Lipinski definition) is 5. The molecule has 3 rings (SSSR count). The summed E-state index contributed by atoms with van der Waals surface area (Å²) in [5, 5.41) is 8.14. The maximum Gasteiger partial charge on any atom is 0.416 e. The summed E-state index contributed by atoms with van der Waals surface area (Å²) in [6, 6.07) is 5.52. The summed E-state index contributed by atoms with van der Waals surface area (Å²) in [6.07, 6.45) is -10.2. The zero-order valence-corrected chi connectivity index (χ0v) is 20.0. The summed E-state index contributed by atoms with van der Waals surface area (Å²) in [5.74, 6) is -1.13. The quantitative estimate of drug-likeness (QED) is 0.434. The van der Waals surface area contributed by atoms with E-state index in [0.717, 1.165) is 6.07 Å². The van der Waals surface area contributed by atoms with Crippen molar-refractivity contribution >= 4 is 11.8 Å². The Kier molecular flexibility index (Phi) is 8.67. The highest BCUT2D eigenvalue weighted by Gasteiger charge is 2.38. The van der Waals surface area contributed by atoms with Crippen molar-refractivity contribution < 1.29 is 40.7 Å². The summed E-state index contributed by atoms with van der Waals surface area (Å²) in [7, 11) is 0. The van der Waals surface area contributed by atoms with Crippen molar-refractivity contribution in [1.29, 1.82) is 0 Å². The summed E-state index contributed by atoms with van der Waals surface area (Å²) >= 11 is 0. The van der Waals surface area contributed by atoms with Gasteiger partial charge in [0.15, 0.2) is 0 Å². The molecule has 37 heavy (non-hydrogen) atoms. The number of alkyl halides is 6. The van der Waals surface area contributed by atoms with Crippen LogP contribution in [0.5, 0.6) is 5.88 Å². The van der Waals surface area contributed by atoms with Gasteiger partial charge in [-0.3, -0.25) is 14.9 Å². The van der Waals surface area contributed by atoms with Crippen LogP contribution >= 0.6 is 0 Å². The lowest BCUT2D eigenvalue weighted by Gasteiger charge is -2.33. The van der Waals surface area contributed by atoms with Gasteiger partial charge in [-0.15, -0.1) is 0 Å². The Balaban J connectivity index is 1.80. The highest BCUT2D eigenvalue weighted by Crippen LogP contribution is 2.36. The normalized spacial score (nSPS) is 18.5. The van der Waals surface area contributed by atoms with Crippen molar-refractivity contribution in [2.24, 2.45) is 5.92 Å². The van der Waals surface area contributed by atoms with Crippen LogP contribution in [0.2, 0.25) is 0 Å². The second kappa shape index (κ2) is 11.4. The van der Waals surface area contributed by atoms with Gasteiger partial charge in [0.05, 0.1) is 18.6 Å². The fraction of sp³-hybridized carbons (Fsp3) is 0.458. The molecular weight excluding hydrogens is 506 g/mol. The lowest BCUT2D eigenvalue weighted by Crippen LogP contribution is -2.47. The van der Waals surface area contributed by atoms with Crippen molar-refractivity contribution in [2.75, 3.05) is 6.61 Å². The van der Waals surface area contributed by atoms with E-state index in [0.29, 0.717) is 11.1 Å². The highest BCUT2D eigenvalue weighted by atomic mass is 19.4. The molecule has 13 heteroatoms. The van der Waals surface area contributed by atoms with Crippen LogP contribution in [0.4, 0.5) is 26.3 Å². The van der Waals surface area contributed by atoms with Gasteiger partial charge in [0.25, 0.3) is 0 Å². The molecule has 1 aliphatic rings. The van der Waals surface area contributed by atoms with Crippen LogP contribution in [0.1, 0.15) is 61.2 Å². The molecule has 1 aromatic carbocycles. The Morgan fingerprint density at radius 2 is 1.89 bits per heavy atom. The zero-order chi connectivity index (χ0) is 27.4. The molecule has 1 aromatic heterocycles. The number of pyridine rings is 1. The topological polar surface area (TPSA) is 92.4 Å². The van der Waals surface area contributed by atoms with Crippen LogP contribution in [-0.2, 0) is 22.3 Å². The molecule has 1 fully saturated rings. The number of aromatic nitrogens is 1. The molecule has 0 aliphatic carbocycles. The first-order valence-electron chi connectivity index (χ1n) is 11.4. The molecule has 202 valence electrons. The number of nitrogens with zero attached hydrogens (tertiary/aromatic N) is 1. The third kappa shape index (κ3) is 8.07. The molecular formula is C24H26F6N4O3. The Hall–Kier alpha value is -3.35. The number of halogens is 6. The number of amides is 2. The van der Waals surface area contributed by atoms with Crippen molar-refractivity contribution in [3.63, 3.8) is 0 Å². The van der Waals surface area contributed by atoms with Gasteiger partial charge in [0, 0.05) is 42.8 Å². The predicted molar refractivity (Wildman–Crippen MR) is 120 cm³/mol. The first-order valence-corrected chi connectivity index (χ1v) is 11.4. The van der Waals surface area contributed by atoms with Crippen LogP contribution in [0, 0.1) is 5.92 Å². The fourth-order valence-corrected chi connectivity index (χ4v) is 3.66. The summed E-state index contributed by atoms with van der Waals surface area (Å²) < 4.78 is 83.2. The number of rotatable bonds is 8. The molecule has 0 spiro atoms. The lowest BCUT2D eigenvalue weighted by atomic mass is 9.96. The molecule has 0 bridgehead atoms. The number of carbonyl (C=O) groups is 2. The van der Waals surface area contributed by atoms with Gasteiger partial charge >= 0.3 is 12.4 Å². The van der Waals surface area contributed by atoms with E-state index in [-0.39, 0.29) is 36.2 Å². The molecule has 2 amide bonds. The minimum atomic E-state index is -4.70. The van der Waals surface area contributed by atoms with E-state index < -0.39 is 49.1 Å². The number of nitrogens with one attached hydrogen (secondary N) is 3. The second-order valence-corrected chi connectivity index (χ2v) is 8.86. The Labute approximate surface area is 209 Å². The standard InChI is InChI=1S/C24H26F6N4O3/c1-13(2)22(36)32-11-14-3-5-17(24(28,29)30)16(9-14)21-33-18(10-19(35)34-21)15-4-6-20(31-12-15)37-8-7-23(25,26)27/h3-6,9,12-13,18,21,33H,7-8,10-11H2,1-2H3,(H,32,36)(H,34,35). The summed E-state index contributed by atoms with van der Waals surface area (Å²) in [5.41, 5.74) is -0.313. The van der Waals surface area contributed by atoms with E-state index in [1.807, 2.05) is 0 Å². The molecule has 2 atom stereocenters. The van der Waals surface area contributed by atoms with E-state index in [1.54, 1.807) is 13.8 Å². The van der Waals surface area contributed by atoms with Gasteiger partial charge in [-0.2, -0.15) is 26.3 Å².